The Labute approximate surface area is 177 Å². The van der Waals surface area contributed by atoms with Gasteiger partial charge in [-0.25, -0.2) is 8.42 Å². The lowest BCUT2D eigenvalue weighted by molar-refractivity contribution is -0.121. The van der Waals surface area contributed by atoms with Gasteiger partial charge < -0.3 is 5.32 Å². The van der Waals surface area contributed by atoms with Crippen molar-refractivity contribution in [2.24, 2.45) is 0 Å². The predicted molar refractivity (Wildman–Crippen MR) is 120 cm³/mol. The van der Waals surface area contributed by atoms with Gasteiger partial charge in [0.2, 0.25) is 5.91 Å². The number of carbonyl (C=O) groups is 1. The van der Waals surface area contributed by atoms with E-state index in [-0.39, 0.29) is 11.9 Å². The van der Waals surface area contributed by atoms with Crippen LogP contribution in [-0.2, 0) is 21.2 Å². The van der Waals surface area contributed by atoms with Gasteiger partial charge in [0.05, 0.1) is 10.6 Å². The van der Waals surface area contributed by atoms with E-state index in [2.05, 4.69) is 17.4 Å². The molecule has 6 heteroatoms. The molecule has 0 radical (unpaired) electrons. The molecule has 30 heavy (non-hydrogen) atoms. The molecular formula is C24H26N2O3S. The summed E-state index contributed by atoms with van der Waals surface area (Å²) in [6.45, 7) is 2.30. The molecule has 4 rings (SSSR count). The molecular weight excluding hydrogens is 396 g/mol. The number of hydrogen-bond donors (Lipinski definition) is 1. The quantitative estimate of drug-likeness (QED) is 0.590. The highest BCUT2D eigenvalue weighted by Crippen LogP contribution is 2.41. The highest BCUT2D eigenvalue weighted by atomic mass is 32.2. The van der Waals surface area contributed by atoms with E-state index < -0.39 is 10.0 Å². The highest BCUT2D eigenvalue weighted by Gasteiger charge is 2.35. The molecule has 0 spiro atoms. The molecule has 1 heterocycles. The zero-order chi connectivity index (χ0) is 21.1. The summed E-state index contributed by atoms with van der Waals surface area (Å²) in [5.41, 5.74) is 1.96. The minimum absolute atomic E-state index is 0.0390. The van der Waals surface area contributed by atoms with Crippen molar-refractivity contribution in [3.8, 4) is 0 Å². The Morgan fingerprint density at radius 3 is 2.50 bits per heavy atom. The van der Waals surface area contributed by atoms with Gasteiger partial charge in [-0.05, 0) is 49.3 Å². The van der Waals surface area contributed by atoms with Crippen LogP contribution in [-0.4, -0.2) is 26.9 Å². The smallest absolute Gasteiger partial charge is 0.265 e. The number of hydrogen-bond acceptors (Lipinski definition) is 3. The number of nitrogens with zero attached hydrogens (tertiary/aromatic N) is 1. The summed E-state index contributed by atoms with van der Waals surface area (Å²) in [5.74, 6) is -0.0390. The molecule has 0 fully saturated rings. The molecule has 156 valence electrons. The number of sulfonamides is 1. The normalized spacial score (nSPS) is 15.3. The lowest BCUT2D eigenvalue weighted by Crippen LogP contribution is -2.34. The summed E-state index contributed by atoms with van der Waals surface area (Å²) < 4.78 is 27.4. The molecule has 1 aliphatic heterocycles. The van der Waals surface area contributed by atoms with E-state index in [1.807, 2.05) is 49.4 Å². The molecule has 1 amide bonds. The molecule has 0 bridgehead atoms. The van der Waals surface area contributed by atoms with Gasteiger partial charge in [-0.2, -0.15) is 0 Å². The molecule has 1 atom stereocenters. The predicted octanol–water partition coefficient (Wildman–Crippen LogP) is 4.27. The Hall–Kier alpha value is -2.86. The molecule has 3 aromatic rings. The zero-order valence-electron chi connectivity index (χ0n) is 17.0. The maximum absolute atomic E-state index is 13.0. The van der Waals surface area contributed by atoms with Gasteiger partial charge >= 0.3 is 0 Å². The van der Waals surface area contributed by atoms with Crippen molar-refractivity contribution in [3.63, 3.8) is 0 Å². The second kappa shape index (κ2) is 8.48. The number of rotatable bonds is 8. The third kappa shape index (κ3) is 4.05. The van der Waals surface area contributed by atoms with E-state index in [0.717, 1.165) is 23.6 Å². The van der Waals surface area contributed by atoms with Crippen molar-refractivity contribution in [2.75, 3.05) is 10.8 Å². The third-order valence-corrected chi connectivity index (χ3v) is 7.42. The number of aryl methyl sites for hydroxylation is 1. The van der Waals surface area contributed by atoms with Gasteiger partial charge in [-0.1, -0.05) is 54.6 Å². The molecule has 3 aromatic carbocycles. The largest absolute Gasteiger partial charge is 0.354 e. The van der Waals surface area contributed by atoms with E-state index in [0.29, 0.717) is 30.0 Å². The van der Waals surface area contributed by atoms with Gasteiger partial charge in [-0.15, -0.1) is 0 Å². The van der Waals surface area contributed by atoms with Crippen LogP contribution in [0.25, 0.3) is 10.8 Å². The van der Waals surface area contributed by atoms with E-state index in [9.17, 15) is 13.2 Å². The average molecular weight is 423 g/mol. The lowest BCUT2D eigenvalue weighted by atomic mass is 10.1. The Kier molecular flexibility index (Phi) is 5.77. The molecule has 1 N–H and O–H groups in total. The average Bonchev–Trinajstić information content (AvgIpc) is 2.96. The molecule has 5 nitrogen and oxygen atoms in total. The molecule has 0 saturated carbocycles. The summed E-state index contributed by atoms with van der Waals surface area (Å²) >= 11 is 0. The van der Waals surface area contributed by atoms with Crippen molar-refractivity contribution < 1.29 is 13.2 Å². The molecule has 1 aliphatic rings. The van der Waals surface area contributed by atoms with Crippen LogP contribution < -0.4 is 9.62 Å². The maximum Gasteiger partial charge on any atom is 0.265 e. The fourth-order valence-electron chi connectivity index (χ4n) is 4.03. The maximum atomic E-state index is 13.0. The lowest BCUT2D eigenvalue weighted by Gasteiger charge is -2.19. The van der Waals surface area contributed by atoms with E-state index >= 15 is 0 Å². The molecule has 0 aliphatic carbocycles. The Morgan fingerprint density at radius 1 is 1.00 bits per heavy atom. The first-order valence-electron chi connectivity index (χ1n) is 10.3. The van der Waals surface area contributed by atoms with Crippen LogP contribution in [0.5, 0.6) is 0 Å². The van der Waals surface area contributed by atoms with Crippen molar-refractivity contribution >= 4 is 32.4 Å². The Bertz CT molecular complexity index is 1150. The highest BCUT2D eigenvalue weighted by molar-refractivity contribution is 7.93. The van der Waals surface area contributed by atoms with Crippen LogP contribution in [0.4, 0.5) is 5.69 Å². The van der Waals surface area contributed by atoms with Gasteiger partial charge in [0, 0.05) is 24.4 Å². The summed E-state index contributed by atoms with van der Waals surface area (Å²) in [6, 6.07) is 21.3. The van der Waals surface area contributed by atoms with E-state index in [1.54, 1.807) is 12.1 Å². The SMILES string of the molecule is C[C@@H](CCc1ccccc1)NC(=O)CCCN1c2cccc3cccc(c23)S1(=O)=O. The Balaban J connectivity index is 1.31. The summed E-state index contributed by atoms with van der Waals surface area (Å²) in [5, 5.41) is 4.72. The van der Waals surface area contributed by atoms with Crippen molar-refractivity contribution in [2.45, 2.75) is 43.5 Å². The second-order valence-electron chi connectivity index (χ2n) is 7.80. The van der Waals surface area contributed by atoms with Crippen molar-refractivity contribution in [3.05, 3.63) is 72.3 Å². The summed E-state index contributed by atoms with van der Waals surface area (Å²) in [6.07, 6.45) is 2.55. The molecule has 0 unspecified atom stereocenters. The van der Waals surface area contributed by atoms with Gasteiger partial charge in [0.15, 0.2) is 0 Å². The van der Waals surface area contributed by atoms with E-state index in [1.165, 1.54) is 9.87 Å². The van der Waals surface area contributed by atoms with Crippen LogP contribution >= 0.6 is 0 Å². The minimum atomic E-state index is -3.56. The topological polar surface area (TPSA) is 66.5 Å². The Morgan fingerprint density at radius 2 is 1.73 bits per heavy atom. The van der Waals surface area contributed by atoms with Gasteiger partial charge in [-0.3, -0.25) is 9.10 Å². The third-order valence-electron chi connectivity index (χ3n) is 5.56. The minimum Gasteiger partial charge on any atom is -0.354 e. The fraction of sp³-hybridized carbons (Fsp3) is 0.292. The van der Waals surface area contributed by atoms with Crippen LogP contribution in [0.3, 0.4) is 0 Å². The number of carbonyl (C=O) groups excluding carboxylic acids is 1. The number of anilines is 1. The summed E-state index contributed by atoms with van der Waals surface area (Å²) in [4.78, 5) is 12.7. The standard InChI is InChI=1S/C24H26N2O3S/c1-18(15-16-19-8-3-2-4-9-19)25-23(27)14-7-17-26-21-12-5-10-20-11-6-13-22(24(20)21)30(26,28)29/h2-6,8-13,18H,7,14-17H2,1H3,(H,25,27)/t18-/m0/s1. The van der Waals surface area contributed by atoms with Gasteiger partial charge in [0.1, 0.15) is 0 Å². The molecule has 0 aromatic heterocycles. The number of benzene rings is 3. The fourth-order valence-corrected chi connectivity index (χ4v) is 5.78. The molecule has 0 saturated heterocycles. The first-order valence-corrected chi connectivity index (χ1v) is 11.8. The monoisotopic (exact) mass is 422 g/mol. The first kappa shape index (κ1) is 20.4. The van der Waals surface area contributed by atoms with Crippen molar-refractivity contribution in [1.29, 1.82) is 0 Å². The number of nitrogens with one attached hydrogen (secondary N) is 1. The summed E-state index contributed by atoms with van der Waals surface area (Å²) in [7, 11) is -3.56. The van der Waals surface area contributed by atoms with Crippen LogP contribution in [0.2, 0.25) is 0 Å². The van der Waals surface area contributed by atoms with E-state index in [4.69, 9.17) is 0 Å². The second-order valence-corrected chi connectivity index (χ2v) is 9.64. The zero-order valence-corrected chi connectivity index (χ0v) is 17.9. The van der Waals surface area contributed by atoms with Crippen LogP contribution in [0.15, 0.2) is 71.6 Å². The first-order chi connectivity index (χ1) is 14.5. The van der Waals surface area contributed by atoms with Crippen LogP contribution in [0, 0.1) is 0 Å². The number of amides is 1. The van der Waals surface area contributed by atoms with Crippen molar-refractivity contribution in [1.82, 2.24) is 5.32 Å². The van der Waals surface area contributed by atoms with Crippen LogP contribution in [0.1, 0.15) is 31.7 Å². The van der Waals surface area contributed by atoms with Gasteiger partial charge in [0.25, 0.3) is 10.0 Å².